The second kappa shape index (κ2) is 3.88. The largest absolute Gasteiger partial charge is 0.205 e. The van der Waals surface area contributed by atoms with Gasteiger partial charge in [-0.2, -0.15) is 5.26 Å². The molecule has 1 nitrogen and oxygen atoms in total. The van der Waals surface area contributed by atoms with Gasteiger partial charge in [0, 0.05) is 10.6 Å². The summed E-state index contributed by atoms with van der Waals surface area (Å²) in [7, 11) is 0. The lowest BCUT2D eigenvalue weighted by Gasteiger charge is -2.02. The van der Waals surface area contributed by atoms with Crippen molar-refractivity contribution in [3.05, 3.63) is 33.0 Å². The van der Waals surface area contributed by atoms with Crippen molar-refractivity contribution >= 4 is 27.5 Å². The molecule has 0 unspecified atom stereocenters. The molecule has 12 heavy (non-hydrogen) atoms. The van der Waals surface area contributed by atoms with Gasteiger partial charge in [-0.1, -0.05) is 11.6 Å². The van der Waals surface area contributed by atoms with Gasteiger partial charge in [0.2, 0.25) is 0 Å². The minimum absolute atomic E-state index is 0.00981. The van der Waals surface area contributed by atoms with Crippen LogP contribution in [0.25, 0.3) is 0 Å². The van der Waals surface area contributed by atoms with E-state index >= 15 is 0 Å². The molecular formula is C8H4BrClFN. The zero-order chi connectivity index (χ0) is 9.14. The van der Waals surface area contributed by atoms with Gasteiger partial charge in [-0.15, -0.1) is 0 Å². The quantitative estimate of drug-likeness (QED) is 0.700. The van der Waals surface area contributed by atoms with E-state index < -0.39 is 5.82 Å². The van der Waals surface area contributed by atoms with Crippen LogP contribution in [0.3, 0.4) is 0 Å². The number of hydrogen-bond donors (Lipinski definition) is 0. The minimum atomic E-state index is -0.455. The minimum Gasteiger partial charge on any atom is -0.205 e. The molecule has 0 N–H and O–H groups in total. The normalized spacial score (nSPS) is 9.50. The topological polar surface area (TPSA) is 23.8 Å². The summed E-state index contributed by atoms with van der Waals surface area (Å²) in [6, 6.07) is 4.92. The summed E-state index contributed by atoms with van der Waals surface area (Å²) in [6.07, 6.45) is -0.00981. The summed E-state index contributed by atoms with van der Waals surface area (Å²) in [5.41, 5.74) is 0.244. The van der Waals surface area contributed by atoms with Gasteiger partial charge in [0.1, 0.15) is 5.82 Å². The zero-order valence-electron chi connectivity index (χ0n) is 5.94. The second-order valence-electron chi connectivity index (χ2n) is 2.16. The summed E-state index contributed by atoms with van der Waals surface area (Å²) in [4.78, 5) is 0. The van der Waals surface area contributed by atoms with E-state index in [9.17, 15) is 4.39 Å². The van der Waals surface area contributed by atoms with Crippen molar-refractivity contribution < 1.29 is 4.39 Å². The zero-order valence-corrected chi connectivity index (χ0v) is 8.28. The van der Waals surface area contributed by atoms with Crippen molar-refractivity contribution in [1.82, 2.24) is 0 Å². The van der Waals surface area contributed by atoms with Gasteiger partial charge >= 0.3 is 0 Å². The molecule has 0 atom stereocenters. The predicted molar refractivity (Wildman–Crippen MR) is 48.4 cm³/mol. The van der Waals surface area contributed by atoms with Crippen LogP contribution in [0.5, 0.6) is 0 Å². The molecule has 0 aromatic heterocycles. The van der Waals surface area contributed by atoms with E-state index in [1.165, 1.54) is 6.07 Å². The predicted octanol–water partition coefficient (Wildman–Crippen LogP) is 3.31. The summed E-state index contributed by atoms with van der Waals surface area (Å²) >= 11 is 8.68. The molecule has 0 radical (unpaired) electrons. The van der Waals surface area contributed by atoms with Crippen molar-refractivity contribution in [1.29, 1.82) is 5.26 Å². The van der Waals surface area contributed by atoms with Crippen molar-refractivity contribution in [3.8, 4) is 6.07 Å². The maximum atomic E-state index is 13.2. The maximum Gasteiger partial charge on any atom is 0.143 e. The van der Waals surface area contributed by atoms with Crippen LogP contribution in [0.2, 0.25) is 5.02 Å². The SMILES string of the molecule is N#CCc1c(Cl)ccc(Br)c1F. The van der Waals surface area contributed by atoms with Crippen molar-refractivity contribution in [3.63, 3.8) is 0 Å². The van der Waals surface area contributed by atoms with E-state index in [-0.39, 0.29) is 17.0 Å². The van der Waals surface area contributed by atoms with Crippen LogP contribution >= 0.6 is 27.5 Å². The maximum absolute atomic E-state index is 13.2. The Bertz CT molecular complexity index is 346. The van der Waals surface area contributed by atoms with Gasteiger partial charge in [0.05, 0.1) is 17.0 Å². The average molecular weight is 248 g/mol. The molecular weight excluding hydrogens is 244 g/mol. The molecule has 4 heteroatoms. The van der Waals surface area contributed by atoms with Crippen molar-refractivity contribution in [2.45, 2.75) is 6.42 Å². The molecule has 0 bridgehead atoms. The number of benzene rings is 1. The van der Waals surface area contributed by atoms with Gasteiger partial charge in [0.25, 0.3) is 0 Å². The third-order valence-electron chi connectivity index (χ3n) is 1.39. The van der Waals surface area contributed by atoms with E-state index in [0.29, 0.717) is 4.47 Å². The number of hydrogen-bond acceptors (Lipinski definition) is 1. The Labute approximate surface area is 82.9 Å². The Morgan fingerprint density at radius 1 is 1.58 bits per heavy atom. The molecule has 0 fully saturated rings. The Morgan fingerprint density at radius 2 is 2.25 bits per heavy atom. The fraction of sp³-hybridized carbons (Fsp3) is 0.125. The van der Waals surface area contributed by atoms with E-state index in [2.05, 4.69) is 15.9 Å². The van der Waals surface area contributed by atoms with E-state index in [4.69, 9.17) is 16.9 Å². The van der Waals surface area contributed by atoms with Gasteiger partial charge in [-0.05, 0) is 28.1 Å². The Morgan fingerprint density at radius 3 is 2.83 bits per heavy atom. The lowest BCUT2D eigenvalue weighted by molar-refractivity contribution is 0.608. The number of halogens is 3. The first-order valence-corrected chi connectivity index (χ1v) is 4.33. The lowest BCUT2D eigenvalue weighted by atomic mass is 10.1. The Hall–Kier alpha value is -0.590. The van der Waals surface area contributed by atoms with Gasteiger partial charge in [-0.25, -0.2) is 4.39 Å². The standard InChI is InChI=1S/C8H4BrClFN/c9-6-1-2-7(10)5(3-4-12)8(6)11/h1-2H,3H2. The molecule has 0 saturated carbocycles. The first-order chi connectivity index (χ1) is 5.66. The van der Waals surface area contributed by atoms with Crippen LogP contribution in [0.15, 0.2) is 16.6 Å². The molecule has 0 spiro atoms. The smallest absolute Gasteiger partial charge is 0.143 e. The number of nitriles is 1. The highest BCUT2D eigenvalue weighted by Crippen LogP contribution is 2.25. The summed E-state index contributed by atoms with van der Waals surface area (Å²) < 4.78 is 13.5. The number of rotatable bonds is 1. The van der Waals surface area contributed by atoms with E-state index in [1.54, 1.807) is 6.07 Å². The molecule has 0 aliphatic rings. The van der Waals surface area contributed by atoms with Crippen molar-refractivity contribution in [2.75, 3.05) is 0 Å². The number of nitrogens with zero attached hydrogens (tertiary/aromatic N) is 1. The second-order valence-corrected chi connectivity index (χ2v) is 3.42. The molecule has 0 saturated heterocycles. The highest BCUT2D eigenvalue weighted by atomic mass is 79.9. The summed E-state index contributed by atoms with van der Waals surface area (Å²) in [6.45, 7) is 0. The molecule has 1 rings (SSSR count). The van der Waals surface area contributed by atoms with Crippen LogP contribution in [0.1, 0.15) is 5.56 Å². The average Bonchev–Trinajstić information content (AvgIpc) is 2.06. The highest BCUT2D eigenvalue weighted by Gasteiger charge is 2.09. The van der Waals surface area contributed by atoms with Crippen LogP contribution < -0.4 is 0 Å². The van der Waals surface area contributed by atoms with Gasteiger partial charge < -0.3 is 0 Å². The van der Waals surface area contributed by atoms with Crippen LogP contribution in [-0.4, -0.2) is 0 Å². The third-order valence-corrected chi connectivity index (χ3v) is 2.36. The van der Waals surface area contributed by atoms with Crippen LogP contribution in [0, 0.1) is 17.1 Å². The molecule has 62 valence electrons. The van der Waals surface area contributed by atoms with Crippen molar-refractivity contribution in [2.24, 2.45) is 0 Å². The van der Waals surface area contributed by atoms with Crippen LogP contribution in [-0.2, 0) is 6.42 Å². The molecule has 1 aromatic carbocycles. The molecule has 1 aromatic rings. The fourth-order valence-corrected chi connectivity index (χ4v) is 1.39. The monoisotopic (exact) mass is 247 g/mol. The van der Waals surface area contributed by atoms with Crippen LogP contribution in [0.4, 0.5) is 4.39 Å². The summed E-state index contributed by atoms with van der Waals surface area (Å²) in [5.74, 6) is -0.455. The molecule has 0 heterocycles. The lowest BCUT2D eigenvalue weighted by Crippen LogP contribution is -1.91. The molecule has 0 aliphatic heterocycles. The van der Waals surface area contributed by atoms with E-state index in [0.717, 1.165) is 0 Å². The Balaban J connectivity index is 3.25. The summed E-state index contributed by atoms with van der Waals surface area (Å²) in [5, 5.41) is 8.66. The van der Waals surface area contributed by atoms with E-state index in [1.807, 2.05) is 6.07 Å². The van der Waals surface area contributed by atoms with Gasteiger partial charge in [0.15, 0.2) is 0 Å². The first kappa shape index (κ1) is 9.50. The first-order valence-electron chi connectivity index (χ1n) is 3.16. The third kappa shape index (κ3) is 1.77. The molecule has 0 aliphatic carbocycles. The molecule has 0 amide bonds. The van der Waals surface area contributed by atoms with Gasteiger partial charge in [-0.3, -0.25) is 0 Å². The highest BCUT2D eigenvalue weighted by molar-refractivity contribution is 9.10. The Kier molecular flexibility index (Phi) is 3.07. The fourth-order valence-electron chi connectivity index (χ4n) is 0.810.